The Labute approximate surface area is 252 Å². The van der Waals surface area contributed by atoms with Crippen molar-refractivity contribution in [1.29, 1.82) is 0 Å². The number of hydrogen-bond acceptors (Lipinski definition) is 5. The Morgan fingerprint density at radius 1 is 0.833 bits per heavy atom. The summed E-state index contributed by atoms with van der Waals surface area (Å²) in [7, 11) is 0. The highest BCUT2D eigenvalue weighted by molar-refractivity contribution is 5.79. The third-order valence-electron chi connectivity index (χ3n) is 8.62. The minimum Gasteiger partial charge on any atom is -0.465 e. The van der Waals surface area contributed by atoms with Gasteiger partial charge in [-0.15, -0.1) is 0 Å². The van der Waals surface area contributed by atoms with Crippen LogP contribution in [0.15, 0.2) is 91.0 Å². The van der Waals surface area contributed by atoms with Crippen LogP contribution < -0.4 is 0 Å². The van der Waals surface area contributed by atoms with E-state index in [-0.39, 0.29) is 31.1 Å². The van der Waals surface area contributed by atoms with E-state index in [9.17, 15) is 9.59 Å². The maximum absolute atomic E-state index is 13.9. The Bertz CT molecular complexity index is 1190. The minimum absolute atomic E-state index is 0.0940. The van der Waals surface area contributed by atoms with E-state index in [2.05, 4.69) is 49.9 Å². The summed E-state index contributed by atoms with van der Waals surface area (Å²) in [5, 5.41) is 0. The van der Waals surface area contributed by atoms with Crippen molar-refractivity contribution in [2.24, 2.45) is 17.8 Å². The van der Waals surface area contributed by atoms with Gasteiger partial charge in [-0.05, 0) is 54.2 Å². The highest BCUT2D eigenvalue weighted by Gasteiger charge is 2.39. The van der Waals surface area contributed by atoms with Crippen molar-refractivity contribution in [3.05, 3.63) is 108 Å². The summed E-state index contributed by atoms with van der Waals surface area (Å²) in [6.45, 7) is 9.84. The normalized spacial score (nSPS) is 20.2. The Morgan fingerprint density at radius 3 is 1.90 bits per heavy atom. The number of rotatable bonds is 13. The van der Waals surface area contributed by atoms with Crippen LogP contribution in [0.3, 0.4) is 0 Å². The van der Waals surface area contributed by atoms with E-state index in [0.29, 0.717) is 30.8 Å². The van der Waals surface area contributed by atoms with Crippen molar-refractivity contribution in [3.63, 3.8) is 0 Å². The molecule has 4 rings (SSSR count). The minimum atomic E-state index is -0.688. The number of carbonyl (C=O) groups excluding carboxylic acids is 2. The molecule has 1 saturated carbocycles. The number of benzene rings is 3. The van der Waals surface area contributed by atoms with Crippen molar-refractivity contribution in [1.82, 2.24) is 4.90 Å². The quantitative estimate of drug-likeness (QED) is 0.197. The van der Waals surface area contributed by atoms with E-state index in [4.69, 9.17) is 9.47 Å². The van der Waals surface area contributed by atoms with Gasteiger partial charge in [-0.25, -0.2) is 0 Å². The van der Waals surface area contributed by atoms with Crippen LogP contribution in [-0.4, -0.2) is 35.6 Å². The van der Waals surface area contributed by atoms with Gasteiger partial charge in [-0.2, -0.15) is 0 Å². The van der Waals surface area contributed by atoms with E-state index in [1.54, 1.807) is 0 Å². The van der Waals surface area contributed by atoms with Crippen molar-refractivity contribution in [2.75, 3.05) is 6.61 Å². The fraction of sp³-hybridized carbons (Fsp3) is 0.459. The summed E-state index contributed by atoms with van der Waals surface area (Å²) in [4.78, 5) is 29.9. The van der Waals surface area contributed by atoms with Gasteiger partial charge in [0.2, 0.25) is 0 Å². The number of nitrogens with zero attached hydrogens (tertiary/aromatic N) is 1. The number of esters is 2. The van der Waals surface area contributed by atoms with Gasteiger partial charge in [0.25, 0.3) is 0 Å². The molecule has 0 aliphatic heterocycles. The van der Waals surface area contributed by atoms with E-state index >= 15 is 0 Å². The average molecular weight is 570 g/mol. The van der Waals surface area contributed by atoms with Gasteiger partial charge < -0.3 is 9.47 Å². The summed E-state index contributed by atoms with van der Waals surface area (Å²) in [6, 6.07) is 29.5. The van der Waals surface area contributed by atoms with Gasteiger partial charge in [0.05, 0.1) is 13.0 Å². The predicted octanol–water partition coefficient (Wildman–Crippen LogP) is 7.80. The van der Waals surface area contributed by atoms with Crippen LogP contribution in [0.2, 0.25) is 0 Å². The zero-order valence-electron chi connectivity index (χ0n) is 25.7. The third-order valence-corrected chi connectivity index (χ3v) is 8.62. The van der Waals surface area contributed by atoms with Crippen molar-refractivity contribution >= 4 is 11.9 Å². The summed E-state index contributed by atoms with van der Waals surface area (Å²) in [6.07, 6.45) is 3.14. The molecule has 0 saturated heterocycles. The third kappa shape index (κ3) is 8.78. The molecule has 5 nitrogen and oxygen atoms in total. The highest BCUT2D eigenvalue weighted by atomic mass is 16.5. The Kier molecular flexibility index (Phi) is 11.8. The molecule has 0 aromatic heterocycles. The summed E-state index contributed by atoms with van der Waals surface area (Å²) >= 11 is 0. The number of carbonyl (C=O) groups is 2. The molecule has 5 heteroatoms. The van der Waals surface area contributed by atoms with Gasteiger partial charge in [-0.1, -0.05) is 118 Å². The maximum Gasteiger partial charge on any atom is 0.324 e. The molecule has 3 aromatic carbocycles. The number of ether oxygens (including phenoxy) is 2. The molecule has 3 aromatic rings. The lowest BCUT2D eigenvalue weighted by Crippen LogP contribution is -2.46. The van der Waals surface area contributed by atoms with Crippen LogP contribution in [0.1, 0.15) is 76.0 Å². The first-order valence-electron chi connectivity index (χ1n) is 15.6. The topological polar surface area (TPSA) is 55.8 Å². The molecule has 0 unspecified atom stereocenters. The fourth-order valence-corrected chi connectivity index (χ4v) is 6.44. The molecule has 0 bridgehead atoms. The van der Waals surface area contributed by atoms with Crippen molar-refractivity contribution in [3.8, 4) is 0 Å². The molecule has 224 valence electrons. The zero-order valence-corrected chi connectivity index (χ0v) is 25.7. The first-order chi connectivity index (χ1) is 20.4. The highest BCUT2D eigenvalue weighted by Crippen LogP contribution is 2.37. The maximum atomic E-state index is 13.9. The second-order valence-electron chi connectivity index (χ2n) is 12.1. The summed E-state index contributed by atoms with van der Waals surface area (Å²) in [5.74, 6) is 0.319. The lowest BCUT2D eigenvalue weighted by molar-refractivity contribution is -0.158. The molecule has 0 heterocycles. The van der Waals surface area contributed by atoms with Crippen LogP contribution >= 0.6 is 0 Å². The lowest BCUT2D eigenvalue weighted by atomic mass is 9.75. The SMILES string of the molecule is CCOC(=O)[C@H]([C@@H](CC(=O)O[C@@H]1C[C@H](C)CC[C@H]1C(C)C)c1ccccc1)N(Cc1ccccc1)Cc1ccccc1. The van der Waals surface area contributed by atoms with Crippen LogP contribution in [0.25, 0.3) is 0 Å². The van der Waals surface area contributed by atoms with Gasteiger partial charge in [0.15, 0.2) is 0 Å². The molecule has 1 aliphatic carbocycles. The molecule has 1 fully saturated rings. The van der Waals surface area contributed by atoms with E-state index in [1.165, 1.54) is 6.42 Å². The Morgan fingerprint density at radius 2 is 1.38 bits per heavy atom. The fourth-order valence-electron chi connectivity index (χ4n) is 6.44. The molecular weight excluding hydrogens is 522 g/mol. The molecule has 0 N–H and O–H groups in total. The second kappa shape index (κ2) is 15.7. The second-order valence-corrected chi connectivity index (χ2v) is 12.1. The lowest BCUT2D eigenvalue weighted by Gasteiger charge is -2.38. The summed E-state index contributed by atoms with van der Waals surface area (Å²) < 4.78 is 12.0. The van der Waals surface area contributed by atoms with Gasteiger partial charge >= 0.3 is 11.9 Å². The predicted molar refractivity (Wildman–Crippen MR) is 168 cm³/mol. The van der Waals surface area contributed by atoms with Gasteiger partial charge in [0.1, 0.15) is 12.1 Å². The standard InChI is InChI=1S/C37H47NO4/c1-5-41-37(40)36(38(25-29-15-9-6-10-16-29)26-30-17-11-7-12-18-30)33(31-19-13-8-14-20-31)24-35(39)42-34-23-28(4)21-22-32(34)27(2)3/h6-20,27-28,32-34,36H,5,21-26H2,1-4H3/t28-,32+,33+,34-,36+/m1/s1. The first kappa shape index (κ1) is 31.5. The molecule has 0 radical (unpaired) electrons. The monoisotopic (exact) mass is 569 g/mol. The van der Waals surface area contributed by atoms with Gasteiger partial charge in [0, 0.05) is 19.0 Å². The largest absolute Gasteiger partial charge is 0.465 e. The number of hydrogen-bond donors (Lipinski definition) is 0. The smallest absolute Gasteiger partial charge is 0.324 e. The van der Waals surface area contributed by atoms with E-state index in [0.717, 1.165) is 29.5 Å². The zero-order chi connectivity index (χ0) is 29.9. The van der Waals surface area contributed by atoms with Crippen LogP contribution in [0.5, 0.6) is 0 Å². The molecule has 5 atom stereocenters. The van der Waals surface area contributed by atoms with Crippen LogP contribution in [0.4, 0.5) is 0 Å². The van der Waals surface area contributed by atoms with Crippen molar-refractivity contribution < 1.29 is 19.1 Å². The van der Waals surface area contributed by atoms with E-state index in [1.807, 2.05) is 73.7 Å². The molecule has 1 aliphatic rings. The summed E-state index contributed by atoms with van der Waals surface area (Å²) in [5.41, 5.74) is 3.11. The van der Waals surface area contributed by atoms with Crippen LogP contribution in [0, 0.1) is 17.8 Å². The molecular formula is C37H47NO4. The molecule has 42 heavy (non-hydrogen) atoms. The Hall–Kier alpha value is -3.44. The molecule has 0 amide bonds. The first-order valence-corrected chi connectivity index (χ1v) is 15.6. The van der Waals surface area contributed by atoms with Crippen LogP contribution in [-0.2, 0) is 32.2 Å². The van der Waals surface area contributed by atoms with Crippen molar-refractivity contribution in [2.45, 2.75) is 84.5 Å². The van der Waals surface area contributed by atoms with Gasteiger partial charge in [-0.3, -0.25) is 14.5 Å². The Balaban J connectivity index is 1.70. The van der Waals surface area contributed by atoms with E-state index < -0.39 is 12.0 Å². The average Bonchev–Trinajstić information content (AvgIpc) is 2.98. The molecule has 0 spiro atoms.